The van der Waals surface area contributed by atoms with Gasteiger partial charge in [-0.05, 0) is 18.8 Å². The molecule has 0 spiro atoms. The monoisotopic (exact) mass is 275 g/mol. The molecule has 2 heterocycles. The quantitative estimate of drug-likeness (QED) is 0.646. The van der Waals surface area contributed by atoms with E-state index in [9.17, 15) is 4.79 Å². The molecule has 2 aromatic heterocycles. The van der Waals surface area contributed by atoms with Crippen LogP contribution in [0.25, 0.3) is 11.2 Å². The molecule has 0 saturated heterocycles. The van der Waals surface area contributed by atoms with Gasteiger partial charge < -0.3 is 15.0 Å². The highest BCUT2D eigenvalue weighted by atomic mass is 16.5. The maximum absolute atomic E-state index is 11.6. The van der Waals surface area contributed by atoms with Crippen molar-refractivity contribution in [2.75, 3.05) is 12.3 Å². The minimum atomic E-state index is -0.0699. The molecule has 0 aliphatic heterocycles. The predicted octanol–water partition coefficient (Wildman–Crippen LogP) is 0.998. The lowest BCUT2D eigenvalue weighted by molar-refractivity contribution is -0.145. The Balaban J connectivity index is 1.53. The first kappa shape index (κ1) is 12.8. The van der Waals surface area contributed by atoms with E-state index in [1.165, 1.54) is 6.33 Å². The van der Waals surface area contributed by atoms with E-state index >= 15 is 0 Å². The number of carbonyl (C=O) groups is 1. The molecule has 1 fully saturated rings. The summed E-state index contributed by atoms with van der Waals surface area (Å²) in [5.41, 5.74) is 7.04. The average molecular weight is 275 g/mol. The van der Waals surface area contributed by atoms with E-state index in [-0.39, 0.29) is 11.9 Å². The second-order valence-corrected chi connectivity index (χ2v) is 5.21. The Bertz CT molecular complexity index is 639. The van der Waals surface area contributed by atoms with Crippen LogP contribution in [0.1, 0.15) is 19.8 Å². The topological polar surface area (TPSA) is 95.9 Å². The van der Waals surface area contributed by atoms with Crippen molar-refractivity contribution >= 4 is 23.0 Å². The van der Waals surface area contributed by atoms with Gasteiger partial charge in [-0.15, -0.1) is 0 Å². The van der Waals surface area contributed by atoms with E-state index in [2.05, 4.69) is 21.9 Å². The number of aryl methyl sites for hydroxylation is 1. The smallest absolute Gasteiger partial charge is 0.309 e. The number of esters is 1. The van der Waals surface area contributed by atoms with Gasteiger partial charge in [0.1, 0.15) is 11.8 Å². The molecule has 0 unspecified atom stereocenters. The van der Waals surface area contributed by atoms with Crippen molar-refractivity contribution in [1.29, 1.82) is 0 Å². The summed E-state index contributed by atoms with van der Waals surface area (Å²) in [7, 11) is 0. The average Bonchev–Trinajstić information content (AvgIpc) is 3.01. The molecule has 20 heavy (non-hydrogen) atoms. The first-order valence-electron chi connectivity index (χ1n) is 6.74. The maximum Gasteiger partial charge on any atom is 0.309 e. The van der Waals surface area contributed by atoms with Gasteiger partial charge in [0.2, 0.25) is 0 Å². The van der Waals surface area contributed by atoms with Gasteiger partial charge in [0.25, 0.3) is 0 Å². The Kier molecular flexibility index (Phi) is 3.25. The van der Waals surface area contributed by atoms with E-state index in [0.29, 0.717) is 36.1 Å². The molecule has 106 valence electrons. The molecule has 2 atom stereocenters. The van der Waals surface area contributed by atoms with Crippen LogP contribution in [0, 0.1) is 11.8 Å². The molecule has 7 heteroatoms. The highest BCUT2D eigenvalue weighted by Gasteiger charge is 2.40. The summed E-state index contributed by atoms with van der Waals surface area (Å²) in [5.74, 6) is 0.916. The molecule has 7 nitrogen and oxygen atoms in total. The fraction of sp³-hybridized carbons (Fsp3) is 0.538. The lowest BCUT2D eigenvalue weighted by Crippen LogP contribution is -2.10. The van der Waals surface area contributed by atoms with E-state index in [0.717, 1.165) is 12.8 Å². The second-order valence-electron chi connectivity index (χ2n) is 5.21. The summed E-state index contributed by atoms with van der Waals surface area (Å²) in [6.07, 6.45) is 4.79. The SMILES string of the molecule is C[C@@H]1C[C@@H]1C(=O)OCCCn1cnc2c(N)ncnc21. The standard InChI is InChI=1S/C13H17N5O2/c1-8-5-9(8)13(19)20-4-2-3-18-7-17-10-11(14)15-6-16-12(10)18/h6-9H,2-5H2,1H3,(H2,14,15,16)/t8-,9+/m1/s1. The first-order valence-corrected chi connectivity index (χ1v) is 6.74. The van der Waals surface area contributed by atoms with Gasteiger partial charge in [-0.1, -0.05) is 6.92 Å². The Morgan fingerprint density at radius 1 is 1.50 bits per heavy atom. The molecule has 0 radical (unpaired) electrons. The van der Waals surface area contributed by atoms with Crippen LogP contribution in [0.15, 0.2) is 12.7 Å². The number of nitrogens with two attached hydrogens (primary N) is 1. The molecule has 2 N–H and O–H groups in total. The first-order chi connectivity index (χ1) is 9.66. The van der Waals surface area contributed by atoms with Gasteiger partial charge in [-0.2, -0.15) is 0 Å². The van der Waals surface area contributed by atoms with Gasteiger partial charge in [0, 0.05) is 6.54 Å². The molecule has 3 rings (SSSR count). The van der Waals surface area contributed by atoms with Crippen molar-refractivity contribution in [1.82, 2.24) is 19.5 Å². The Hall–Kier alpha value is -2.18. The van der Waals surface area contributed by atoms with Crippen LogP contribution >= 0.6 is 0 Å². The summed E-state index contributed by atoms with van der Waals surface area (Å²) < 4.78 is 7.13. The predicted molar refractivity (Wildman–Crippen MR) is 72.6 cm³/mol. The number of carbonyl (C=O) groups excluding carboxylic acids is 1. The van der Waals surface area contributed by atoms with Crippen molar-refractivity contribution in [3.05, 3.63) is 12.7 Å². The Morgan fingerprint density at radius 2 is 2.30 bits per heavy atom. The summed E-state index contributed by atoms with van der Waals surface area (Å²) in [4.78, 5) is 23.8. The van der Waals surface area contributed by atoms with Gasteiger partial charge in [0.05, 0.1) is 18.9 Å². The highest BCUT2D eigenvalue weighted by Crippen LogP contribution is 2.38. The van der Waals surface area contributed by atoms with Gasteiger partial charge in [-0.25, -0.2) is 15.0 Å². The van der Waals surface area contributed by atoms with Crippen LogP contribution in [-0.2, 0) is 16.1 Å². The fourth-order valence-corrected chi connectivity index (χ4v) is 2.23. The molecule has 0 aromatic carbocycles. The number of hydrogen-bond acceptors (Lipinski definition) is 6. The fourth-order valence-electron chi connectivity index (χ4n) is 2.23. The molecular weight excluding hydrogens is 258 g/mol. The number of anilines is 1. The van der Waals surface area contributed by atoms with E-state index in [1.807, 2.05) is 4.57 Å². The molecule has 1 aliphatic rings. The molecule has 0 amide bonds. The minimum absolute atomic E-state index is 0.0699. The summed E-state index contributed by atoms with van der Waals surface area (Å²) in [5, 5.41) is 0. The largest absolute Gasteiger partial charge is 0.465 e. The number of fused-ring (bicyclic) bond motifs is 1. The molecular formula is C13H17N5O2. The number of ether oxygens (including phenoxy) is 1. The van der Waals surface area contributed by atoms with Crippen molar-refractivity contribution in [3.8, 4) is 0 Å². The normalized spacial score (nSPS) is 21.1. The highest BCUT2D eigenvalue weighted by molar-refractivity contribution is 5.81. The number of aromatic nitrogens is 4. The van der Waals surface area contributed by atoms with Crippen LogP contribution in [0.5, 0.6) is 0 Å². The Morgan fingerprint density at radius 3 is 3.05 bits per heavy atom. The zero-order valence-electron chi connectivity index (χ0n) is 11.3. The van der Waals surface area contributed by atoms with E-state index < -0.39 is 0 Å². The Labute approximate surface area is 116 Å². The van der Waals surface area contributed by atoms with Crippen LogP contribution in [0.2, 0.25) is 0 Å². The zero-order valence-corrected chi connectivity index (χ0v) is 11.3. The van der Waals surface area contributed by atoms with E-state index in [1.54, 1.807) is 6.33 Å². The summed E-state index contributed by atoms with van der Waals surface area (Å²) in [6, 6.07) is 0. The summed E-state index contributed by atoms with van der Waals surface area (Å²) >= 11 is 0. The lowest BCUT2D eigenvalue weighted by atomic mass is 10.3. The van der Waals surface area contributed by atoms with Crippen LogP contribution in [0.4, 0.5) is 5.82 Å². The number of imidazole rings is 1. The maximum atomic E-state index is 11.6. The van der Waals surface area contributed by atoms with Crippen molar-refractivity contribution < 1.29 is 9.53 Å². The molecule has 2 aromatic rings. The van der Waals surface area contributed by atoms with Gasteiger partial charge >= 0.3 is 5.97 Å². The van der Waals surface area contributed by atoms with Crippen LogP contribution in [0.3, 0.4) is 0 Å². The van der Waals surface area contributed by atoms with Gasteiger partial charge in [-0.3, -0.25) is 4.79 Å². The lowest BCUT2D eigenvalue weighted by Gasteiger charge is -2.05. The number of nitrogens with zero attached hydrogens (tertiary/aromatic N) is 4. The third-order valence-corrected chi connectivity index (χ3v) is 3.63. The molecule has 1 saturated carbocycles. The third kappa shape index (κ3) is 2.43. The van der Waals surface area contributed by atoms with Crippen molar-refractivity contribution in [2.24, 2.45) is 11.8 Å². The molecule has 0 bridgehead atoms. The summed E-state index contributed by atoms with van der Waals surface area (Å²) in [6.45, 7) is 3.16. The van der Waals surface area contributed by atoms with E-state index in [4.69, 9.17) is 10.5 Å². The zero-order chi connectivity index (χ0) is 14.1. The molecule has 1 aliphatic carbocycles. The number of hydrogen-bond donors (Lipinski definition) is 1. The third-order valence-electron chi connectivity index (χ3n) is 3.63. The van der Waals surface area contributed by atoms with Crippen LogP contribution in [-0.4, -0.2) is 32.1 Å². The van der Waals surface area contributed by atoms with Crippen molar-refractivity contribution in [2.45, 2.75) is 26.3 Å². The number of rotatable bonds is 5. The van der Waals surface area contributed by atoms with Gasteiger partial charge in [0.15, 0.2) is 11.5 Å². The number of nitrogen functional groups attached to an aromatic ring is 1. The van der Waals surface area contributed by atoms with Crippen LogP contribution < -0.4 is 5.73 Å². The van der Waals surface area contributed by atoms with Crippen molar-refractivity contribution in [3.63, 3.8) is 0 Å². The minimum Gasteiger partial charge on any atom is -0.465 e. The second kappa shape index (κ2) is 5.07.